The molecule has 2 N–H and O–H groups in total. The molecule has 1 aromatic heterocycles. The van der Waals surface area contributed by atoms with E-state index in [0.29, 0.717) is 5.75 Å². The lowest BCUT2D eigenvalue weighted by molar-refractivity contribution is -0.119. The Labute approximate surface area is 139 Å². The Hall–Kier alpha value is -2.27. The van der Waals surface area contributed by atoms with E-state index in [-0.39, 0.29) is 11.9 Å². The van der Waals surface area contributed by atoms with Crippen molar-refractivity contribution < 1.29 is 4.79 Å². The Morgan fingerprint density at radius 1 is 1.26 bits per heavy atom. The van der Waals surface area contributed by atoms with Gasteiger partial charge in [-0.3, -0.25) is 4.79 Å². The number of nitrogens with one attached hydrogen (secondary N) is 2. The number of H-pyrrole nitrogens is 1. The van der Waals surface area contributed by atoms with Gasteiger partial charge in [0.1, 0.15) is 0 Å². The molecule has 0 spiro atoms. The third-order valence-corrected chi connectivity index (χ3v) is 4.51. The third kappa shape index (κ3) is 3.93. The molecule has 0 bridgehead atoms. The summed E-state index contributed by atoms with van der Waals surface area (Å²) < 4.78 is 0. The monoisotopic (exact) mass is 325 g/mol. The van der Waals surface area contributed by atoms with Crippen LogP contribution in [-0.2, 0) is 4.79 Å². The van der Waals surface area contributed by atoms with Gasteiger partial charge >= 0.3 is 0 Å². The number of carbonyl (C=O) groups excluding carboxylic acids is 1. The molecule has 1 atom stereocenters. The van der Waals surface area contributed by atoms with E-state index in [9.17, 15) is 4.79 Å². The zero-order chi connectivity index (χ0) is 16.2. The topological polar surface area (TPSA) is 57.8 Å². The third-order valence-electron chi connectivity index (χ3n) is 3.63. The molecule has 118 valence electrons. The van der Waals surface area contributed by atoms with Crippen LogP contribution in [-0.4, -0.2) is 21.6 Å². The second-order valence-electron chi connectivity index (χ2n) is 5.55. The second kappa shape index (κ2) is 6.87. The minimum atomic E-state index is 0.00243. The number of hydrogen-bond acceptors (Lipinski definition) is 3. The van der Waals surface area contributed by atoms with Gasteiger partial charge in [-0.2, -0.15) is 0 Å². The highest BCUT2D eigenvalue weighted by Gasteiger charge is 2.11. The summed E-state index contributed by atoms with van der Waals surface area (Å²) in [5, 5.41) is 3.78. The molecule has 0 saturated carbocycles. The maximum absolute atomic E-state index is 12.1. The highest BCUT2D eigenvalue weighted by Crippen LogP contribution is 2.20. The van der Waals surface area contributed by atoms with E-state index in [2.05, 4.69) is 21.4 Å². The standard InChI is InChI=1S/C18H19N3OS/c1-12-8-9-15-16(10-12)21-18(20-15)23-11-17(22)19-13(2)14-6-4-3-5-7-14/h3-10,13H,11H2,1-2H3,(H,19,22)(H,20,21). The Morgan fingerprint density at radius 3 is 2.83 bits per heavy atom. The molecule has 0 aliphatic carbocycles. The summed E-state index contributed by atoms with van der Waals surface area (Å²) in [6.45, 7) is 4.04. The van der Waals surface area contributed by atoms with Crippen molar-refractivity contribution in [3.63, 3.8) is 0 Å². The summed E-state index contributed by atoms with van der Waals surface area (Å²) in [7, 11) is 0. The zero-order valence-corrected chi connectivity index (χ0v) is 14.0. The van der Waals surface area contributed by atoms with Crippen molar-refractivity contribution in [1.29, 1.82) is 0 Å². The molecule has 0 radical (unpaired) electrons. The Balaban J connectivity index is 1.57. The average Bonchev–Trinajstić information content (AvgIpc) is 2.95. The van der Waals surface area contributed by atoms with Gasteiger partial charge in [0.2, 0.25) is 5.91 Å². The van der Waals surface area contributed by atoms with Gasteiger partial charge < -0.3 is 10.3 Å². The van der Waals surface area contributed by atoms with E-state index in [1.807, 2.05) is 56.3 Å². The van der Waals surface area contributed by atoms with E-state index in [0.717, 1.165) is 21.8 Å². The van der Waals surface area contributed by atoms with Crippen LogP contribution in [0.3, 0.4) is 0 Å². The van der Waals surface area contributed by atoms with Gasteiger partial charge in [-0.15, -0.1) is 0 Å². The first kappa shape index (κ1) is 15.6. The van der Waals surface area contributed by atoms with Crippen molar-refractivity contribution in [1.82, 2.24) is 15.3 Å². The van der Waals surface area contributed by atoms with Crippen LogP contribution in [0, 0.1) is 6.92 Å². The summed E-state index contributed by atoms with van der Waals surface area (Å²) in [6, 6.07) is 16.0. The van der Waals surface area contributed by atoms with Crippen molar-refractivity contribution in [2.75, 3.05) is 5.75 Å². The molecule has 1 unspecified atom stereocenters. The number of thioether (sulfide) groups is 1. The van der Waals surface area contributed by atoms with Crippen molar-refractivity contribution in [2.24, 2.45) is 0 Å². The fourth-order valence-electron chi connectivity index (χ4n) is 2.41. The Bertz CT molecular complexity index is 814. The second-order valence-corrected chi connectivity index (χ2v) is 6.52. The molecule has 0 saturated heterocycles. The molecule has 0 aliphatic rings. The molecule has 1 amide bonds. The maximum atomic E-state index is 12.1. The minimum absolute atomic E-state index is 0.00243. The lowest BCUT2D eigenvalue weighted by Crippen LogP contribution is -2.28. The van der Waals surface area contributed by atoms with Crippen LogP contribution in [0.1, 0.15) is 24.1 Å². The Kier molecular flexibility index (Phi) is 4.67. The number of carbonyl (C=O) groups is 1. The first-order valence-corrected chi connectivity index (χ1v) is 8.54. The van der Waals surface area contributed by atoms with Gasteiger partial charge in [0, 0.05) is 0 Å². The van der Waals surface area contributed by atoms with E-state index >= 15 is 0 Å². The number of hydrogen-bond donors (Lipinski definition) is 2. The molecule has 3 aromatic rings. The molecule has 0 fully saturated rings. The first-order valence-electron chi connectivity index (χ1n) is 7.55. The normalized spacial score (nSPS) is 12.3. The van der Waals surface area contributed by atoms with E-state index in [1.165, 1.54) is 17.3 Å². The predicted molar refractivity (Wildman–Crippen MR) is 94.6 cm³/mol. The zero-order valence-electron chi connectivity index (χ0n) is 13.2. The van der Waals surface area contributed by atoms with Crippen molar-refractivity contribution >= 4 is 28.7 Å². The fourth-order valence-corrected chi connectivity index (χ4v) is 3.11. The molecule has 2 aromatic carbocycles. The van der Waals surface area contributed by atoms with Crippen LogP contribution in [0.25, 0.3) is 11.0 Å². The van der Waals surface area contributed by atoms with Crippen LogP contribution in [0.4, 0.5) is 0 Å². The van der Waals surface area contributed by atoms with Gasteiger partial charge in [-0.1, -0.05) is 48.2 Å². The van der Waals surface area contributed by atoms with Crippen molar-refractivity contribution in [2.45, 2.75) is 25.0 Å². The summed E-state index contributed by atoms with van der Waals surface area (Å²) in [4.78, 5) is 19.8. The lowest BCUT2D eigenvalue weighted by atomic mass is 10.1. The first-order chi connectivity index (χ1) is 11.1. The van der Waals surface area contributed by atoms with Crippen LogP contribution in [0.5, 0.6) is 0 Å². The number of rotatable bonds is 5. The SMILES string of the molecule is Cc1ccc2nc(SCC(=O)NC(C)c3ccccc3)[nH]c2c1. The van der Waals surface area contributed by atoms with Gasteiger partial charge in [0.25, 0.3) is 0 Å². The number of amides is 1. The number of aromatic amines is 1. The van der Waals surface area contributed by atoms with Gasteiger partial charge in [0.15, 0.2) is 5.16 Å². The molecule has 0 aliphatic heterocycles. The minimum Gasteiger partial charge on any atom is -0.349 e. The van der Waals surface area contributed by atoms with Gasteiger partial charge in [-0.05, 0) is 37.1 Å². The average molecular weight is 325 g/mol. The molecular weight excluding hydrogens is 306 g/mol. The van der Waals surface area contributed by atoms with Crippen LogP contribution < -0.4 is 5.32 Å². The summed E-state index contributed by atoms with van der Waals surface area (Å²) in [6.07, 6.45) is 0. The summed E-state index contributed by atoms with van der Waals surface area (Å²) >= 11 is 1.42. The Morgan fingerprint density at radius 2 is 2.04 bits per heavy atom. The van der Waals surface area contributed by atoms with E-state index < -0.39 is 0 Å². The largest absolute Gasteiger partial charge is 0.349 e. The van der Waals surface area contributed by atoms with Gasteiger partial charge in [-0.25, -0.2) is 4.98 Å². The van der Waals surface area contributed by atoms with Crippen LogP contribution in [0.2, 0.25) is 0 Å². The maximum Gasteiger partial charge on any atom is 0.230 e. The number of nitrogens with zero attached hydrogens (tertiary/aromatic N) is 1. The number of aryl methyl sites for hydroxylation is 1. The summed E-state index contributed by atoms with van der Waals surface area (Å²) in [5.74, 6) is 0.346. The quantitative estimate of drug-likeness (QED) is 0.701. The lowest BCUT2D eigenvalue weighted by Gasteiger charge is -2.13. The number of aromatic nitrogens is 2. The highest BCUT2D eigenvalue weighted by atomic mass is 32.2. The number of imidazole rings is 1. The van der Waals surface area contributed by atoms with E-state index in [4.69, 9.17) is 0 Å². The summed E-state index contributed by atoms with van der Waals surface area (Å²) in [5.41, 5.74) is 4.22. The number of fused-ring (bicyclic) bond motifs is 1. The molecule has 3 rings (SSSR count). The van der Waals surface area contributed by atoms with E-state index in [1.54, 1.807) is 0 Å². The van der Waals surface area contributed by atoms with Crippen LogP contribution in [0.15, 0.2) is 53.7 Å². The number of benzene rings is 2. The molecule has 4 nitrogen and oxygen atoms in total. The van der Waals surface area contributed by atoms with Crippen molar-refractivity contribution in [3.05, 3.63) is 59.7 Å². The van der Waals surface area contributed by atoms with Crippen molar-refractivity contribution in [3.8, 4) is 0 Å². The molecular formula is C18H19N3OS. The predicted octanol–water partition coefficient (Wildman–Crippen LogP) is 3.84. The fraction of sp³-hybridized carbons (Fsp3) is 0.222. The molecule has 23 heavy (non-hydrogen) atoms. The van der Waals surface area contributed by atoms with Gasteiger partial charge in [0.05, 0.1) is 22.8 Å². The van der Waals surface area contributed by atoms with Crippen LogP contribution >= 0.6 is 11.8 Å². The smallest absolute Gasteiger partial charge is 0.230 e. The molecule has 1 heterocycles. The highest BCUT2D eigenvalue weighted by molar-refractivity contribution is 7.99. The molecule has 5 heteroatoms.